The summed E-state index contributed by atoms with van der Waals surface area (Å²) in [6.45, 7) is 3.76. The van der Waals surface area contributed by atoms with E-state index < -0.39 is 0 Å². The van der Waals surface area contributed by atoms with Crippen LogP contribution in [0.15, 0.2) is 53.8 Å². The lowest BCUT2D eigenvalue weighted by Crippen LogP contribution is -2.39. The fourth-order valence-electron chi connectivity index (χ4n) is 2.11. The summed E-state index contributed by atoms with van der Waals surface area (Å²) >= 11 is 0. The van der Waals surface area contributed by atoms with E-state index in [4.69, 9.17) is 4.74 Å². The fourth-order valence-corrected chi connectivity index (χ4v) is 2.11. The van der Waals surface area contributed by atoms with E-state index >= 15 is 0 Å². The molecule has 2 aromatic rings. The number of benzene rings is 1. The van der Waals surface area contributed by atoms with E-state index in [0.29, 0.717) is 13.2 Å². The SMILES string of the molecule is CN=C(NCCCn1cccn1)NCCOCc1ccccc1.I. The van der Waals surface area contributed by atoms with Crippen molar-refractivity contribution >= 4 is 29.9 Å². The molecule has 0 saturated carbocycles. The number of aromatic nitrogens is 2. The molecule has 132 valence electrons. The average Bonchev–Trinajstić information content (AvgIpc) is 3.11. The summed E-state index contributed by atoms with van der Waals surface area (Å²) in [6.07, 6.45) is 4.76. The van der Waals surface area contributed by atoms with E-state index in [2.05, 4.69) is 32.9 Å². The maximum Gasteiger partial charge on any atom is 0.191 e. The third-order valence-electron chi connectivity index (χ3n) is 3.29. The van der Waals surface area contributed by atoms with Crippen LogP contribution in [0.4, 0.5) is 0 Å². The molecule has 0 amide bonds. The van der Waals surface area contributed by atoms with Crippen LogP contribution in [0.1, 0.15) is 12.0 Å². The van der Waals surface area contributed by atoms with E-state index in [1.54, 1.807) is 13.2 Å². The number of rotatable bonds is 9. The van der Waals surface area contributed by atoms with Crippen LogP contribution in [0.25, 0.3) is 0 Å². The number of guanidine groups is 1. The van der Waals surface area contributed by atoms with Crippen molar-refractivity contribution in [3.05, 3.63) is 54.4 Å². The Morgan fingerprint density at radius 1 is 1.17 bits per heavy atom. The Morgan fingerprint density at radius 2 is 1.96 bits per heavy atom. The molecule has 0 fully saturated rings. The number of hydrogen-bond donors (Lipinski definition) is 2. The van der Waals surface area contributed by atoms with Gasteiger partial charge in [0.25, 0.3) is 0 Å². The van der Waals surface area contributed by atoms with Crippen molar-refractivity contribution in [2.75, 3.05) is 26.7 Å². The molecule has 2 N–H and O–H groups in total. The number of nitrogens with one attached hydrogen (secondary N) is 2. The summed E-state index contributed by atoms with van der Waals surface area (Å²) in [5.41, 5.74) is 1.19. The average molecular weight is 443 g/mol. The van der Waals surface area contributed by atoms with Gasteiger partial charge in [-0.2, -0.15) is 5.10 Å². The smallest absolute Gasteiger partial charge is 0.191 e. The Labute approximate surface area is 160 Å². The van der Waals surface area contributed by atoms with E-state index in [0.717, 1.165) is 32.0 Å². The molecule has 6 nitrogen and oxygen atoms in total. The molecule has 0 aliphatic carbocycles. The number of aliphatic imine (C=N–C) groups is 1. The van der Waals surface area contributed by atoms with E-state index in [-0.39, 0.29) is 24.0 Å². The first kappa shape index (κ1) is 20.4. The minimum Gasteiger partial charge on any atom is -0.375 e. The fraction of sp³-hybridized carbons (Fsp3) is 0.412. The quantitative estimate of drug-likeness (QED) is 0.270. The summed E-state index contributed by atoms with van der Waals surface area (Å²) in [5, 5.41) is 10.7. The minimum atomic E-state index is 0. The molecule has 1 aromatic carbocycles. The summed E-state index contributed by atoms with van der Waals surface area (Å²) in [5.74, 6) is 0.800. The molecule has 1 heterocycles. The Morgan fingerprint density at radius 3 is 2.67 bits per heavy atom. The number of nitrogens with zero attached hydrogens (tertiary/aromatic N) is 3. The molecule has 0 atom stereocenters. The molecular formula is C17H26IN5O. The highest BCUT2D eigenvalue weighted by Crippen LogP contribution is 1.99. The van der Waals surface area contributed by atoms with Crippen LogP contribution >= 0.6 is 24.0 Å². The van der Waals surface area contributed by atoms with Crippen LogP contribution in [0, 0.1) is 0 Å². The second-order valence-electron chi connectivity index (χ2n) is 5.09. The van der Waals surface area contributed by atoms with Gasteiger partial charge in [-0.1, -0.05) is 30.3 Å². The molecular weight excluding hydrogens is 417 g/mol. The lowest BCUT2D eigenvalue weighted by Gasteiger charge is -2.12. The number of hydrogen-bond acceptors (Lipinski definition) is 3. The lowest BCUT2D eigenvalue weighted by atomic mass is 10.2. The maximum absolute atomic E-state index is 5.63. The summed E-state index contributed by atoms with van der Waals surface area (Å²) in [4.78, 5) is 4.19. The zero-order valence-corrected chi connectivity index (χ0v) is 16.3. The first-order valence-electron chi connectivity index (χ1n) is 7.92. The van der Waals surface area contributed by atoms with Crippen molar-refractivity contribution in [3.8, 4) is 0 Å². The summed E-state index contributed by atoms with van der Waals surface area (Å²) < 4.78 is 7.56. The largest absolute Gasteiger partial charge is 0.375 e. The molecule has 0 bridgehead atoms. The summed E-state index contributed by atoms with van der Waals surface area (Å²) in [6, 6.07) is 12.1. The van der Waals surface area contributed by atoms with Gasteiger partial charge in [0, 0.05) is 39.1 Å². The molecule has 0 radical (unpaired) electrons. The van der Waals surface area contributed by atoms with Gasteiger partial charge in [0.2, 0.25) is 0 Å². The van der Waals surface area contributed by atoms with Gasteiger partial charge in [0.1, 0.15) is 0 Å². The first-order chi connectivity index (χ1) is 11.4. The molecule has 1 aromatic heterocycles. The van der Waals surface area contributed by atoms with E-state index in [1.807, 2.05) is 35.1 Å². The molecule has 0 saturated heterocycles. The van der Waals surface area contributed by atoms with Gasteiger partial charge in [0.15, 0.2) is 5.96 Å². The third-order valence-corrected chi connectivity index (χ3v) is 3.29. The van der Waals surface area contributed by atoms with Gasteiger partial charge < -0.3 is 15.4 Å². The van der Waals surface area contributed by atoms with Gasteiger partial charge in [0.05, 0.1) is 13.2 Å². The Balaban J connectivity index is 0.00000288. The topological polar surface area (TPSA) is 63.5 Å². The first-order valence-corrected chi connectivity index (χ1v) is 7.92. The molecule has 0 aliphatic rings. The van der Waals surface area contributed by atoms with Crippen molar-refractivity contribution < 1.29 is 4.74 Å². The van der Waals surface area contributed by atoms with Crippen molar-refractivity contribution in [1.82, 2.24) is 20.4 Å². The third kappa shape index (κ3) is 8.30. The van der Waals surface area contributed by atoms with Gasteiger partial charge >= 0.3 is 0 Å². The highest BCUT2D eigenvalue weighted by atomic mass is 127. The predicted octanol–water partition coefficient (Wildman–Crippen LogP) is 2.27. The summed E-state index contributed by atoms with van der Waals surface area (Å²) in [7, 11) is 1.77. The van der Waals surface area contributed by atoms with Crippen LogP contribution in [-0.2, 0) is 17.9 Å². The zero-order valence-electron chi connectivity index (χ0n) is 14.0. The van der Waals surface area contributed by atoms with Gasteiger partial charge in [-0.3, -0.25) is 9.67 Å². The van der Waals surface area contributed by atoms with Crippen molar-refractivity contribution in [2.24, 2.45) is 4.99 Å². The van der Waals surface area contributed by atoms with Crippen LogP contribution in [0.3, 0.4) is 0 Å². The highest BCUT2D eigenvalue weighted by Gasteiger charge is 1.97. The second-order valence-corrected chi connectivity index (χ2v) is 5.09. The zero-order chi connectivity index (χ0) is 16.2. The number of aryl methyl sites for hydroxylation is 1. The number of halogens is 1. The van der Waals surface area contributed by atoms with Crippen LogP contribution < -0.4 is 10.6 Å². The Hall–Kier alpha value is -1.61. The van der Waals surface area contributed by atoms with Gasteiger partial charge in [-0.05, 0) is 18.1 Å². The second kappa shape index (κ2) is 12.8. The van der Waals surface area contributed by atoms with Crippen LogP contribution in [-0.4, -0.2) is 42.5 Å². The maximum atomic E-state index is 5.63. The van der Waals surface area contributed by atoms with Crippen molar-refractivity contribution in [3.63, 3.8) is 0 Å². The molecule has 0 unspecified atom stereocenters. The molecule has 0 aliphatic heterocycles. The standard InChI is InChI=1S/C17H25N5O.HI/c1-18-17(19-9-5-12-22-13-6-10-21-22)20-11-14-23-15-16-7-3-2-4-8-16;/h2-4,6-8,10,13H,5,9,11-12,14-15H2,1H3,(H2,18,19,20);1H. The normalized spacial score (nSPS) is 11.0. The molecule has 2 rings (SSSR count). The Kier molecular flexibility index (Phi) is 10.9. The van der Waals surface area contributed by atoms with Crippen LogP contribution in [0.2, 0.25) is 0 Å². The highest BCUT2D eigenvalue weighted by molar-refractivity contribution is 14.0. The Bertz CT molecular complexity index is 560. The molecule has 7 heteroatoms. The van der Waals surface area contributed by atoms with E-state index in [9.17, 15) is 0 Å². The van der Waals surface area contributed by atoms with E-state index in [1.165, 1.54) is 5.56 Å². The number of ether oxygens (including phenoxy) is 1. The monoisotopic (exact) mass is 443 g/mol. The lowest BCUT2D eigenvalue weighted by molar-refractivity contribution is 0.125. The van der Waals surface area contributed by atoms with Crippen molar-refractivity contribution in [2.45, 2.75) is 19.6 Å². The van der Waals surface area contributed by atoms with Gasteiger partial charge in [-0.25, -0.2) is 0 Å². The molecule has 24 heavy (non-hydrogen) atoms. The van der Waals surface area contributed by atoms with Gasteiger partial charge in [-0.15, -0.1) is 24.0 Å². The minimum absolute atomic E-state index is 0. The van der Waals surface area contributed by atoms with Crippen molar-refractivity contribution in [1.29, 1.82) is 0 Å². The van der Waals surface area contributed by atoms with Crippen LogP contribution in [0.5, 0.6) is 0 Å². The molecule has 0 spiro atoms. The predicted molar refractivity (Wildman–Crippen MR) is 108 cm³/mol.